The Hall–Kier alpha value is -1.10. The molecule has 74 valence electrons. The van der Waals surface area contributed by atoms with E-state index in [1.165, 1.54) is 11.8 Å². The molecule has 1 saturated heterocycles. The summed E-state index contributed by atoms with van der Waals surface area (Å²) in [5.41, 5.74) is 0. The minimum atomic E-state index is -0.495. The van der Waals surface area contributed by atoms with Crippen LogP contribution < -0.4 is 5.32 Å². The molecule has 1 fully saturated rings. The number of carbonyl (C=O) groups is 2. The van der Waals surface area contributed by atoms with Crippen molar-refractivity contribution in [1.29, 1.82) is 0 Å². The highest BCUT2D eigenvalue weighted by Gasteiger charge is 2.31. The van der Waals surface area contributed by atoms with Crippen LogP contribution >= 0.6 is 0 Å². The lowest BCUT2D eigenvalue weighted by atomic mass is 10.1. The molecule has 0 saturated carbocycles. The van der Waals surface area contributed by atoms with Gasteiger partial charge in [0.05, 0.1) is 6.10 Å². The Morgan fingerprint density at radius 2 is 2.08 bits per heavy atom. The second-order valence-electron chi connectivity index (χ2n) is 3.32. The number of likely N-dealkylation sites (tertiary alicyclic amines) is 1. The first kappa shape index (κ1) is 9.98. The van der Waals surface area contributed by atoms with Gasteiger partial charge in [-0.3, -0.25) is 9.59 Å². The highest BCUT2D eigenvalue weighted by molar-refractivity contribution is 5.87. The van der Waals surface area contributed by atoms with Crippen molar-refractivity contribution in [2.24, 2.45) is 0 Å². The molecule has 0 aromatic rings. The Kier molecular flexibility index (Phi) is 2.87. The fourth-order valence-corrected chi connectivity index (χ4v) is 1.28. The predicted octanol–water partition coefficient (Wildman–Crippen LogP) is -1.29. The van der Waals surface area contributed by atoms with Crippen LogP contribution in [0.25, 0.3) is 0 Å². The standard InChI is InChI=1S/C8H14N2O3/c1-5(9-6(2)11)8(13)10-3-7(12)4-10/h5,7,12H,3-4H2,1-2H3,(H,9,11). The van der Waals surface area contributed by atoms with Crippen molar-refractivity contribution in [2.45, 2.75) is 26.0 Å². The normalized spacial score (nSPS) is 19.2. The van der Waals surface area contributed by atoms with E-state index in [0.717, 1.165) is 0 Å². The summed E-state index contributed by atoms with van der Waals surface area (Å²) in [7, 11) is 0. The summed E-state index contributed by atoms with van der Waals surface area (Å²) in [5.74, 6) is -0.359. The maximum absolute atomic E-state index is 11.4. The number of β-amino-alcohol motifs (C(OH)–C–C–N with tert-alkyl or cyclic N) is 1. The zero-order valence-corrected chi connectivity index (χ0v) is 7.78. The average molecular weight is 186 g/mol. The Morgan fingerprint density at radius 1 is 1.54 bits per heavy atom. The van der Waals surface area contributed by atoms with Gasteiger partial charge >= 0.3 is 0 Å². The Bertz CT molecular complexity index is 223. The van der Waals surface area contributed by atoms with Gasteiger partial charge in [0, 0.05) is 20.0 Å². The quantitative estimate of drug-likeness (QED) is 0.564. The summed E-state index contributed by atoms with van der Waals surface area (Å²) in [5, 5.41) is 11.4. The predicted molar refractivity (Wildman–Crippen MR) is 45.9 cm³/mol. The van der Waals surface area contributed by atoms with Crippen LogP contribution in [0.15, 0.2) is 0 Å². The van der Waals surface area contributed by atoms with Gasteiger partial charge in [-0.1, -0.05) is 0 Å². The molecule has 0 aromatic heterocycles. The lowest BCUT2D eigenvalue weighted by Gasteiger charge is -2.37. The highest BCUT2D eigenvalue weighted by Crippen LogP contribution is 2.08. The van der Waals surface area contributed by atoms with Crippen molar-refractivity contribution >= 4 is 11.8 Å². The van der Waals surface area contributed by atoms with Crippen LogP contribution in [0.5, 0.6) is 0 Å². The molecular formula is C8H14N2O3. The van der Waals surface area contributed by atoms with Gasteiger partial charge in [-0.15, -0.1) is 0 Å². The molecule has 5 nitrogen and oxygen atoms in total. The van der Waals surface area contributed by atoms with Crippen molar-refractivity contribution in [3.8, 4) is 0 Å². The van der Waals surface area contributed by atoms with E-state index in [4.69, 9.17) is 5.11 Å². The molecular weight excluding hydrogens is 172 g/mol. The summed E-state index contributed by atoms with van der Waals surface area (Å²) >= 11 is 0. The topological polar surface area (TPSA) is 69.6 Å². The van der Waals surface area contributed by atoms with Crippen LogP contribution in [0.3, 0.4) is 0 Å². The summed E-state index contributed by atoms with van der Waals surface area (Å²) in [6, 6.07) is -0.495. The van der Waals surface area contributed by atoms with Gasteiger partial charge in [0.2, 0.25) is 11.8 Å². The van der Waals surface area contributed by atoms with Gasteiger partial charge in [-0.05, 0) is 6.92 Å². The number of nitrogens with zero attached hydrogens (tertiary/aromatic N) is 1. The molecule has 1 unspecified atom stereocenters. The number of aliphatic hydroxyl groups is 1. The van der Waals surface area contributed by atoms with Crippen molar-refractivity contribution in [3.63, 3.8) is 0 Å². The third-order valence-corrected chi connectivity index (χ3v) is 1.96. The smallest absolute Gasteiger partial charge is 0.245 e. The van der Waals surface area contributed by atoms with Crippen molar-refractivity contribution in [2.75, 3.05) is 13.1 Å². The number of hydrogen-bond acceptors (Lipinski definition) is 3. The van der Waals surface area contributed by atoms with Gasteiger partial charge in [0.25, 0.3) is 0 Å². The Balaban J connectivity index is 2.35. The first-order chi connectivity index (χ1) is 6.00. The van der Waals surface area contributed by atoms with Crippen molar-refractivity contribution in [1.82, 2.24) is 10.2 Å². The second kappa shape index (κ2) is 3.74. The van der Waals surface area contributed by atoms with E-state index in [2.05, 4.69) is 5.32 Å². The third kappa shape index (κ3) is 2.42. The zero-order chi connectivity index (χ0) is 10.0. The average Bonchev–Trinajstić information content (AvgIpc) is 1.96. The Labute approximate surface area is 76.7 Å². The number of rotatable bonds is 2. The summed E-state index contributed by atoms with van der Waals surface area (Å²) in [4.78, 5) is 23.5. The van der Waals surface area contributed by atoms with Crippen LogP contribution in [0.2, 0.25) is 0 Å². The molecule has 0 aliphatic carbocycles. The van der Waals surface area contributed by atoms with Gasteiger partial charge < -0.3 is 15.3 Å². The molecule has 0 radical (unpaired) electrons. The maximum atomic E-state index is 11.4. The number of aliphatic hydroxyl groups excluding tert-OH is 1. The lowest BCUT2D eigenvalue weighted by molar-refractivity contribution is -0.144. The molecule has 0 aromatic carbocycles. The van der Waals surface area contributed by atoms with Crippen molar-refractivity contribution in [3.05, 3.63) is 0 Å². The van der Waals surface area contributed by atoms with E-state index in [-0.39, 0.29) is 11.8 Å². The van der Waals surface area contributed by atoms with Crippen LogP contribution in [-0.2, 0) is 9.59 Å². The first-order valence-corrected chi connectivity index (χ1v) is 4.24. The molecule has 0 bridgehead atoms. The maximum Gasteiger partial charge on any atom is 0.245 e. The molecule has 1 atom stereocenters. The molecule has 2 amide bonds. The molecule has 13 heavy (non-hydrogen) atoms. The SMILES string of the molecule is CC(=O)NC(C)C(=O)N1CC(O)C1. The lowest BCUT2D eigenvalue weighted by Crippen LogP contribution is -2.58. The number of hydrogen-bond donors (Lipinski definition) is 2. The fourth-order valence-electron chi connectivity index (χ4n) is 1.28. The minimum Gasteiger partial charge on any atom is -0.389 e. The van der Waals surface area contributed by atoms with Crippen LogP contribution in [0.1, 0.15) is 13.8 Å². The van der Waals surface area contributed by atoms with Crippen LogP contribution in [0.4, 0.5) is 0 Å². The molecule has 2 N–H and O–H groups in total. The molecule has 1 rings (SSSR count). The summed E-state index contributed by atoms with van der Waals surface area (Å²) in [6.07, 6.45) is -0.395. The molecule has 1 heterocycles. The van der Waals surface area contributed by atoms with E-state index >= 15 is 0 Å². The number of nitrogens with one attached hydrogen (secondary N) is 1. The van der Waals surface area contributed by atoms with Gasteiger partial charge in [0.1, 0.15) is 6.04 Å². The van der Waals surface area contributed by atoms with E-state index < -0.39 is 12.1 Å². The van der Waals surface area contributed by atoms with Gasteiger partial charge in [-0.25, -0.2) is 0 Å². The summed E-state index contributed by atoms with van der Waals surface area (Å²) in [6.45, 7) is 3.76. The van der Waals surface area contributed by atoms with Crippen LogP contribution in [-0.4, -0.2) is 47.1 Å². The monoisotopic (exact) mass is 186 g/mol. The zero-order valence-electron chi connectivity index (χ0n) is 7.78. The molecule has 0 spiro atoms. The molecule has 1 aliphatic rings. The van der Waals surface area contributed by atoms with E-state index in [9.17, 15) is 9.59 Å². The highest BCUT2D eigenvalue weighted by atomic mass is 16.3. The Morgan fingerprint density at radius 3 is 2.46 bits per heavy atom. The van der Waals surface area contributed by atoms with Crippen LogP contribution in [0, 0.1) is 0 Å². The summed E-state index contributed by atoms with van der Waals surface area (Å²) < 4.78 is 0. The third-order valence-electron chi connectivity index (χ3n) is 1.96. The second-order valence-corrected chi connectivity index (χ2v) is 3.32. The van der Waals surface area contributed by atoms with E-state index in [1.54, 1.807) is 6.92 Å². The molecule has 5 heteroatoms. The largest absolute Gasteiger partial charge is 0.389 e. The minimum absolute atomic E-state index is 0.138. The first-order valence-electron chi connectivity index (χ1n) is 4.24. The van der Waals surface area contributed by atoms with Gasteiger partial charge in [0.15, 0.2) is 0 Å². The number of amides is 2. The number of carbonyl (C=O) groups excluding carboxylic acids is 2. The van der Waals surface area contributed by atoms with E-state index in [1.807, 2.05) is 0 Å². The molecule has 1 aliphatic heterocycles. The van der Waals surface area contributed by atoms with Gasteiger partial charge in [-0.2, -0.15) is 0 Å². The van der Waals surface area contributed by atoms with Crippen molar-refractivity contribution < 1.29 is 14.7 Å². The van der Waals surface area contributed by atoms with E-state index in [0.29, 0.717) is 13.1 Å². The fraction of sp³-hybridized carbons (Fsp3) is 0.750.